The number of halogens is 1. The highest BCUT2D eigenvalue weighted by atomic mass is 19.1. The fourth-order valence-electron chi connectivity index (χ4n) is 1.91. The van der Waals surface area contributed by atoms with Gasteiger partial charge in [-0.25, -0.2) is 4.39 Å². The molecule has 4 nitrogen and oxygen atoms in total. The van der Waals surface area contributed by atoms with E-state index in [2.05, 4.69) is 5.16 Å². The monoisotopic (exact) mass is 220 g/mol. The van der Waals surface area contributed by atoms with Gasteiger partial charge in [0, 0.05) is 6.42 Å². The lowest BCUT2D eigenvalue weighted by atomic mass is 10.0. The highest BCUT2D eigenvalue weighted by molar-refractivity contribution is 5.79. The zero-order chi connectivity index (χ0) is 11.1. The van der Waals surface area contributed by atoms with Crippen molar-refractivity contribution in [2.24, 2.45) is 0 Å². The summed E-state index contributed by atoms with van der Waals surface area (Å²) in [5.41, 5.74) is 7.35. The lowest BCUT2D eigenvalue weighted by Gasteiger charge is -2.07. The van der Waals surface area contributed by atoms with Crippen molar-refractivity contribution in [2.75, 3.05) is 12.3 Å². The summed E-state index contributed by atoms with van der Waals surface area (Å²) in [6.45, 7) is 0.566. The van der Waals surface area contributed by atoms with Crippen LogP contribution in [0.15, 0.2) is 22.9 Å². The maximum Gasteiger partial charge on any atom is 0.230 e. The quantitative estimate of drug-likeness (QED) is 0.798. The van der Waals surface area contributed by atoms with Gasteiger partial charge in [-0.15, -0.1) is 0 Å². The molecule has 5 heteroatoms. The van der Waals surface area contributed by atoms with Crippen molar-refractivity contribution in [3.05, 3.63) is 29.7 Å². The van der Waals surface area contributed by atoms with E-state index in [9.17, 15) is 4.39 Å². The van der Waals surface area contributed by atoms with Gasteiger partial charge in [0.15, 0.2) is 0 Å². The number of benzene rings is 1. The average molecular weight is 220 g/mol. The van der Waals surface area contributed by atoms with Crippen molar-refractivity contribution in [3.8, 4) is 16.9 Å². The molecule has 1 aliphatic rings. The van der Waals surface area contributed by atoms with Crippen molar-refractivity contribution in [2.45, 2.75) is 6.42 Å². The molecule has 0 atom stereocenters. The summed E-state index contributed by atoms with van der Waals surface area (Å²) in [7, 11) is 0. The molecule has 1 aliphatic heterocycles. The number of hydrogen-bond acceptors (Lipinski definition) is 4. The minimum atomic E-state index is -0.379. The van der Waals surface area contributed by atoms with Crippen LogP contribution in [-0.2, 0) is 6.42 Å². The van der Waals surface area contributed by atoms with Gasteiger partial charge in [0.1, 0.15) is 11.6 Å². The van der Waals surface area contributed by atoms with Gasteiger partial charge >= 0.3 is 0 Å². The van der Waals surface area contributed by atoms with E-state index >= 15 is 0 Å². The van der Waals surface area contributed by atoms with E-state index in [0.717, 1.165) is 12.0 Å². The number of nitrogens with zero attached hydrogens (tertiary/aromatic N) is 1. The van der Waals surface area contributed by atoms with Gasteiger partial charge in [-0.05, 0) is 11.6 Å². The molecule has 0 radical (unpaired) electrons. The van der Waals surface area contributed by atoms with Gasteiger partial charge < -0.3 is 15.0 Å². The molecule has 0 bridgehead atoms. The summed E-state index contributed by atoms with van der Waals surface area (Å²) in [6, 6.07) is 3.14. The van der Waals surface area contributed by atoms with Crippen LogP contribution in [0.25, 0.3) is 11.1 Å². The van der Waals surface area contributed by atoms with Crippen LogP contribution in [0, 0.1) is 5.82 Å². The number of ether oxygens (including phenoxy) is 1. The molecule has 16 heavy (non-hydrogen) atoms. The van der Waals surface area contributed by atoms with Crippen LogP contribution in [0.3, 0.4) is 0 Å². The molecule has 0 amide bonds. The second kappa shape index (κ2) is 3.23. The predicted molar refractivity (Wildman–Crippen MR) is 55.5 cm³/mol. The molecular formula is C11H9FN2O2. The van der Waals surface area contributed by atoms with Gasteiger partial charge in [0.25, 0.3) is 0 Å². The molecular weight excluding hydrogens is 211 g/mol. The Balaban J connectivity index is 2.28. The third-order valence-corrected chi connectivity index (χ3v) is 2.67. The van der Waals surface area contributed by atoms with E-state index in [-0.39, 0.29) is 11.7 Å². The minimum Gasteiger partial charge on any atom is -0.492 e. The van der Waals surface area contributed by atoms with Crippen LogP contribution in [0.4, 0.5) is 10.3 Å². The largest absolute Gasteiger partial charge is 0.492 e. The van der Waals surface area contributed by atoms with Crippen molar-refractivity contribution in [3.63, 3.8) is 0 Å². The fraction of sp³-hybridized carbons (Fsp3) is 0.182. The Kier molecular flexibility index (Phi) is 1.86. The Bertz CT molecular complexity index is 551. The van der Waals surface area contributed by atoms with Gasteiger partial charge in [0.2, 0.25) is 5.88 Å². The molecule has 0 saturated carbocycles. The van der Waals surface area contributed by atoms with E-state index in [4.69, 9.17) is 15.0 Å². The predicted octanol–water partition coefficient (Wildman–Crippen LogP) is 2.00. The number of nitrogens with two attached hydrogens (primary N) is 1. The second-order valence-corrected chi connectivity index (χ2v) is 3.61. The Morgan fingerprint density at radius 3 is 3.00 bits per heavy atom. The number of fused-ring (bicyclic) bond motifs is 1. The van der Waals surface area contributed by atoms with Gasteiger partial charge in [-0.3, -0.25) is 0 Å². The molecule has 0 fully saturated rings. The summed E-state index contributed by atoms with van der Waals surface area (Å²) in [5.74, 6) is 0.272. The van der Waals surface area contributed by atoms with Crippen molar-refractivity contribution in [1.29, 1.82) is 0 Å². The van der Waals surface area contributed by atoms with Crippen LogP contribution in [-0.4, -0.2) is 11.8 Å². The summed E-state index contributed by atoms with van der Waals surface area (Å²) < 4.78 is 23.9. The number of anilines is 1. The van der Waals surface area contributed by atoms with E-state index in [0.29, 0.717) is 23.5 Å². The Labute approximate surface area is 90.8 Å². The Morgan fingerprint density at radius 1 is 1.38 bits per heavy atom. The molecule has 0 saturated heterocycles. The van der Waals surface area contributed by atoms with Crippen LogP contribution in [0.2, 0.25) is 0 Å². The van der Waals surface area contributed by atoms with Crippen molar-refractivity contribution >= 4 is 5.88 Å². The second-order valence-electron chi connectivity index (χ2n) is 3.61. The highest BCUT2D eigenvalue weighted by Crippen LogP contribution is 2.40. The lowest BCUT2D eigenvalue weighted by molar-refractivity contribution is 0.356. The SMILES string of the molecule is Nc1oncc1-c1c(F)ccc2c1OCC2. The van der Waals surface area contributed by atoms with Crippen LogP contribution >= 0.6 is 0 Å². The number of aromatic nitrogens is 1. The molecule has 82 valence electrons. The maximum atomic E-state index is 13.8. The molecule has 0 aliphatic carbocycles. The van der Waals surface area contributed by atoms with Crippen LogP contribution < -0.4 is 10.5 Å². The molecule has 2 aromatic rings. The third-order valence-electron chi connectivity index (χ3n) is 2.67. The first-order valence-electron chi connectivity index (χ1n) is 4.92. The Morgan fingerprint density at radius 2 is 2.25 bits per heavy atom. The average Bonchev–Trinajstić information content (AvgIpc) is 2.87. The van der Waals surface area contributed by atoms with Gasteiger partial charge in [-0.2, -0.15) is 0 Å². The third kappa shape index (κ3) is 1.18. The number of rotatable bonds is 1. The smallest absolute Gasteiger partial charge is 0.230 e. The summed E-state index contributed by atoms with van der Waals surface area (Å²) in [4.78, 5) is 0. The molecule has 3 rings (SSSR count). The summed E-state index contributed by atoms with van der Waals surface area (Å²) in [6.07, 6.45) is 2.18. The first kappa shape index (κ1) is 9.21. The maximum absolute atomic E-state index is 13.8. The molecule has 0 unspecified atom stereocenters. The number of hydrogen-bond donors (Lipinski definition) is 1. The van der Waals surface area contributed by atoms with E-state index in [1.807, 2.05) is 0 Å². The zero-order valence-electron chi connectivity index (χ0n) is 8.37. The lowest BCUT2D eigenvalue weighted by Crippen LogP contribution is -1.93. The summed E-state index contributed by atoms with van der Waals surface area (Å²) in [5, 5.41) is 3.54. The normalized spacial score (nSPS) is 13.6. The minimum absolute atomic E-state index is 0.0998. The molecule has 2 heterocycles. The molecule has 1 aromatic heterocycles. The Hall–Kier alpha value is -2.04. The molecule has 0 spiro atoms. The van der Waals surface area contributed by atoms with Gasteiger partial charge in [0.05, 0.1) is 23.9 Å². The molecule has 1 aromatic carbocycles. The first-order chi connectivity index (χ1) is 7.77. The summed E-state index contributed by atoms with van der Waals surface area (Å²) >= 11 is 0. The standard InChI is InChI=1S/C11H9FN2O2/c12-8-2-1-6-3-4-15-10(6)9(8)7-5-14-16-11(7)13/h1-2,5H,3-4,13H2. The fourth-order valence-corrected chi connectivity index (χ4v) is 1.91. The zero-order valence-corrected chi connectivity index (χ0v) is 8.37. The number of nitrogen functional groups attached to an aromatic ring is 1. The first-order valence-corrected chi connectivity index (χ1v) is 4.92. The molecule has 2 N–H and O–H groups in total. The van der Waals surface area contributed by atoms with Crippen molar-refractivity contribution in [1.82, 2.24) is 5.16 Å². The highest BCUT2D eigenvalue weighted by Gasteiger charge is 2.23. The van der Waals surface area contributed by atoms with Gasteiger partial charge in [-0.1, -0.05) is 11.2 Å². The van der Waals surface area contributed by atoms with Crippen LogP contribution in [0.1, 0.15) is 5.56 Å². The van der Waals surface area contributed by atoms with E-state index < -0.39 is 0 Å². The van der Waals surface area contributed by atoms with Crippen molar-refractivity contribution < 1.29 is 13.7 Å². The topological polar surface area (TPSA) is 61.3 Å². The van der Waals surface area contributed by atoms with E-state index in [1.54, 1.807) is 6.07 Å². The van der Waals surface area contributed by atoms with Crippen LogP contribution in [0.5, 0.6) is 5.75 Å². The van der Waals surface area contributed by atoms with E-state index in [1.165, 1.54) is 12.3 Å².